The van der Waals surface area contributed by atoms with Gasteiger partial charge >= 0.3 is 0 Å². The van der Waals surface area contributed by atoms with Crippen LogP contribution < -0.4 is 16.0 Å². The van der Waals surface area contributed by atoms with Gasteiger partial charge in [0.15, 0.2) is 5.96 Å². The van der Waals surface area contributed by atoms with E-state index in [2.05, 4.69) is 55.5 Å². The number of aliphatic imine (C=N–C) groups is 1. The monoisotopic (exact) mass is 383 g/mol. The van der Waals surface area contributed by atoms with Gasteiger partial charge in [0, 0.05) is 39.3 Å². The molecule has 1 aliphatic rings. The number of nitrogens with one attached hydrogen (secondary N) is 3. The van der Waals surface area contributed by atoms with Crippen molar-refractivity contribution in [2.45, 2.75) is 66.0 Å². The first-order chi connectivity index (χ1) is 12.8. The van der Waals surface area contributed by atoms with E-state index in [0.717, 1.165) is 51.4 Å². The van der Waals surface area contributed by atoms with Gasteiger partial charge in [-0.1, -0.05) is 27.7 Å². The predicted octanol–water partition coefficient (Wildman–Crippen LogP) is 1.59. The fourth-order valence-corrected chi connectivity index (χ4v) is 3.15. The van der Waals surface area contributed by atoms with Gasteiger partial charge in [-0.2, -0.15) is 0 Å². The van der Waals surface area contributed by atoms with Gasteiger partial charge in [0.25, 0.3) is 0 Å². The Morgan fingerprint density at radius 2 is 1.89 bits per heavy atom. The molecule has 1 rings (SSSR count). The number of carbonyl (C=O) groups is 1. The molecule has 27 heavy (non-hydrogen) atoms. The molecule has 0 aromatic rings. The van der Waals surface area contributed by atoms with Gasteiger partial charge in [0.05, 0.1) is 19.2 Å². The molecule has 1 saturated heterocycles. The average Bonchev–Trinajstić information content (AvgIpc) is 2.61. The Bertz CT molecular complexity index is 454. The number of hydrogen-bond donors (Lipinski definition) is 3. The summed E-state index contributed by atoms with van der Waals surface area (Å²) in [7, 11) is 1.75. The molecule has 7 nitrogen and oxygen atoms in total. The summed E-state index contributed by atoms with van der Waals surface area (Å²) in [4.78, 5) is 18.8. The van der Waals surface area contributed by atoms with Gasteiger partial charge in [-0.3, -0.25) is 14.7 Å². The maximum absolute atomic E-state index is 11.9. The van der Waals surface area contributed by atoms with E-state index in [4.69, 9.17) is 9.73 Å². The first-order valence-corrected chi connectivity index (χ1v) is 10.4. The lowest BCUT2D eigenvalue weighted by molar-refractivity contribution is -0.122. The van der Waals surface area contributed by atoms with Crippen molar-refractivity contribution < 1.29 is 9.53 Å². The van der Waals surface area contributed by atoms with Crippen molar-refractivity contribution in [2.24, 2.45) is 10.4 Å². The van der Waals surface area contributed by atoms with E-state index in [-0.39, 0.29) is 17.4 Å². The molecule has 0 spiro atoms. The summed E-state index contributed by atoms with van der Waals surface area (Å²) in [5, 5.41) is 9.83. The minimum absolute atomic E-state index is 0.0548. The van der Waals surface area contributed by atoms with Crippen molar-refractivity contribution in [1.29, 1.82) is 0 Å². The molecule has 7 heteroatoms. The van der Waals surface area contributed by atoms with Crippen molar-refractivity contribution in [3.63, 3.8) is 0 Å². The number of hydrogen-bond acceptors (Lipinski definition) is 4. The average molecular weight is 384 g/mol. The Morgan fingerprint density at radius 1 is 1.22 bits per heavy atom. The van der Waals surface area contributed by atoms with E-state index in [9.17, 15) is 4.79 Å². The summed E-state index contributed by atoms with van der Waals surface area (Å²) in [6, 6.07) is 0.383. The van der Waals surface area contributed by atoms with Gasteiger partial charge in [0.2, 0.25) is 5.91 Å². The topological polar surface area (TPSA) is 78.0 Å². The van der Waals surface area contributed by atoms with Gasteiger partial charge in [0.1, 0.15) is 0 Å². The number of piperidine rings is 1. The lowest BCUT2D eigenvalue weighted by atomic mass is 9.89. The number of carbonyl (C=O) groups excluding carboxylic acids is 1. The molecule has 158 valence electrons. The fourth-order valence-electron chi connectivity index (χ4n) is 3.15. The molecule has 0 aromatic carbocycles. The number of guanidine groups is 1. The minimum Gasteiger partial charge on any atom is -0.379 e. The first kappa shape index (κ1) is 23.7. The fraction of sp³-hybridized carbons (Fsp3) is 0.900. The zero-order chi connectivity index (χ0) is 20.3. The third-order valence-electron chi connectivity index (χ3n) is 4.88. The molecular weight excluding hydrogens is 342 g/mol. The van der Waals surface area contributed by atoms with Crippen LogP contribution in [0.3, 0.4) is 0 Å². The Hall–Kier alpha value is -1.34. The second-order valence-electron chi connectivity index (χ2n) is 8.35. The van der Waals surface area contributed by atoms with E-state index in [1.807, 2.05) is 0 Å². The van der Waals surface area contributed by atoms with Crippen LogP contribution in [0.1, 0.15) is 53.9 Å². The van der Waals surface area contributed by atoms with Crippen LogP contribution in [0.4, 0.5) is 0 Å². The number of amides is 1. The highest BCUT2D eigenvalue weighted by atomic mass is 16.5. The normalized spacial score (nSPS) is 18.2. The molecule has 1 unspecified atom stereocenters. The van der Waals surface area contributed by atoms with E-state index >= 15 is 0 Å². The van der Waals surface area contributed by atoms with Crippen LogP contribution in [-0.4, -0.2) is 75.3 Å². The zero-order valence-electron chi connectivity index (χ0n) is 18.2. The third kappa shape index (κ3) is 9.42. The van der Waals surface area contributed by atoms with Gasteiger partial charge in [-0.15, -0.1) is 0 Å². The Morgan fingerprint density at radius 3 is 2.41 bits per heavy atom. The SMILES string of the molecule is CCCNC(=O)CN1CCC(NC(=NCC(OC)C(C)(C)C)NCC)CC1. The van der Waals surface area contributed by atoms with Crippen molar-refractivity contribution in [3.05, 3.63) is 0 Å². The van der Waals surface area contributed by atoms with Gasteiger partial charge < -0.3 is 20.7 Å². The van der Waals surface area contributed by atoms with E-state index < -0.39 is 0 Å². The Balaban J connectivity index is 2.48. The highest BCUT2D eigenvalue weighted by Crippen LogP contribution is 2.21. The van der Waals surface area contributed by atoms with Crippen LogP contribution in [0.25, 0.3) is 0 Å². The van der Waals surface area contributed by atoms with Crippen molar-refractivity contribution >= 4 is 11.9 Å². The van der Waals surface area contributed by atoms with Crippen LogP contribution in [0.2, 0.25) is 0 Å². The van der Waals surface area contributed by atoms with Crippen LogP contribution in [0.5, 0.6) is 0 Å². The maximum atomic E-state index is 11.9. The van der Waals surface area contributed by atoms with Gasteiger partial charge in [-0.25, -0.2) is 0 Å². The number of rotatable bonds is 9. The molecule has 1 aliphatic heterocycles. The molecule has 0 aromatic heterocycles. The van der Waals surface area contributed by atoms with E-state index in [1.165, 1.54) is 0 Å². The molecule has 3 N–H and O–H groups in total. The van der Waals surface area contributed by atoms with E-state index in [0.29, 0.717) is 19.1 Å². The van der Waals surface area contributed by atoms with E-state index in [1.54, 1.807) is 7.11 Å². The van der Waals surface area contributed by atoms with Crippen LogP contribution in [0, 0.1) is 5.41 Å². The molecule has 0 radical (unpaired) electrons. The second-order valence-corrected chi connectivity index (χ2v) is 8.35. The maximum Gasteiger partial charge on any atom is 0.234 e. The molecule has 1 heterocycles. The van der Waals surface area contributed by atoms with Crippen molar-refractivity contribution in [3.8, 4) is 0 Å². The zero-order valence-corrected chi connectivity index (χ0v) is 18.2. The molecule has 1 atom stereocenters. The summed E-state index contributed by atoms with van der Waals surface area (Å²) in [5.41, 5.74) is 0.0548. The largest absolute Gasteiger partial charge is 0.379 e. The molecule has 0 bridgehead atoms. The lowest BCUT2D eigenvalue weighted by Crippen LogP contribution is -2.50. The summed E-state index contributed by atoms with van der Waals surface area (Å²) in [5.74, 6) is 0.980. The van der Waals surface area contributed by atoms with Crippen LogP contribution in [0.15, 0.2) is 4.99 Å². The number of methoxy groups -OCH3 is 1. The summed E-state index contributed by atoms with van der Waals surface area (Å²) < 4.78 is 5.61. The smallest absolute Gasteiger partial charge is 0.234 e. The quantitative estimate of drug-likeness (QED) is 0.416. The Kier molecular flexibility index (Phi) is 10.7. The first-order valence-electron chi connectivity index (χ1n) is 10.4. The molecule has 1 amide bonds. The minimum atomic E-state index is 0.0548. The molecular formula is C20H41N5O2. The third-order valence-corrected chi connectivity index (χ3v) is 4.88. The highest BCUT2D eigenvalue weighted by molar-refractivity contribution is 5.80. The molecule has 1 fully saturated rings. The summed E-state index contributed by atoms with van der Waals surface area (Å²) in [6.07, 6.45) is 3.08. The van der Waals surface area contributed by atoms with Crippen LogP contribution >= 0.6 is 0 Å². The number of likely N-dealkylation sites (tertiary alicyclic amines) is 1. The van der Waals surface area contributed by atoms with Crippen molar-refractivity contribution in [1.82, 2.24) is 20.9 Å². The van der Waals surface area contributed by atoms with Crippen LogP contribution in [-0.2, 0) is 9.53 Å². The number of ether oxygens (including phenoxy) is 1. The standard InChI is InChI=1S/C20H41N5O2/c1-7-11-22-18(26)15-25-12-9-16(10-13-25)24-19(21-8-2)23-14-17(27-6)20(3,4)5/h16-17H,7-15H2,1-6H3,(H,22,26)(H2,21,23,24). The second kappa shape index (κ2) is 12.2. The predicted molar refractivity (Wildman–Crippen MR) is 112 cm³/mol. The number of nitrogens with zero attached hydrogens (tertiary/aromatic N) is 2. The Labute approximate surface area is 165 Å². The molecule has 0 aliphatic carbocycles. The summed E-state index contributed by atoms with van der Waals surface area (Å²) in [6.45, 7) is 15.2. The van der Waals surface area contributed by atoms with Crippen molar-refractivity contribution in [2.75, 3.05) is 46.4 Å². The molecule has 0 saturated carbocycles. The lowest BCUT2D eigenvalue weighted by Gasteiger charge is -2.33. The van der Waals surface area contributed by atoms with Gasteiger partial charge in [-0.05, 0) is 31.6 Å². The summed E-state index contributed by atoms with van der Waals surface area (Å²) >= 11 is 0. The highest BCUT2D eigenvalue weighted by Gasteiger charge is 2.25.